The highest BCUT2D eigenvalue weighted by atomic mass is 79.9. The molecule has 6 aliphatic rings. The maximum absolute atomic E-state index is 13.6. The van der Waals surface area contributed by atoms with Crippen LogP contribution in [0.1, 0.15) is 73.0 Å². The average Bonchev–Trinajstić information content (AvgIpc) is 1.61. The molecule has 0 spiro atoms. The van der Waals surface area contributed by atoms with Crippen LogP contribution in [0.5, 0.6) is 28.7 Å². The predicted octanol–water partition coefficient (Wildman–Crippen LogP) is 29.9. The van der Waals surface area contributed by atoms with E-state index in [4.69, 9.17) is 23.7 Å². The lowest BCUT2D eigenvalue weighted by Crippen LogP contribution is -1.95. The van der Waals surface area contributed by atoms with E-state index in [9.17, 15) is 18.0 Å². The molecule has 23 aromatic rings. The van der Waals surface area contributed by atoms with E-state index in [1.165, 1.54) is 153 Å². The fourth-order valence-corrected chi connectivity index (χ4v) is 26.4. The van der Waals surface area contributed by atoms with Crippen molar-refractivity contribution < 1.29 is 41.7 Å². The lowest BCUT2D eigenvalue weighted by molar-refractivity contribution is 0.104. The third-order valence-corrected chi connectivity index (χ3v) is 34.2. The van der Waals surface area contributed by atoms with Gasteiger partial charge >= 0.3 is 0 Å². The summed E-state index contributed by atoms with van der Waals surface area (Å²) < 4.78 is 66.8. The van der Waals surface area contributed by atoms with Gasteiger partial charge in [0.1, 0.15) is 44.9 Å². The van der Waals surface area contributed by atoms with Gasteiger partial charge in [-0.25, -0.2) is 18.2 Å². The van der Waals surface area contributed by atoms with E-state index < -0.39 is 11.6 Å². The molecule has 15 aromatic heterocycles. The Hall–Kier alpha value is -16.4. The molecule has 6 N–H and O–H groups in total. The van der Waals surface area contributed by atoms with Crippen molar-refractivity contribution in [3.8, 4) is 216 Å². The number of carbonyl (C=O) groups is 1. The third kappa shape index (κ3) is 17.8. The average molecular weight is 2120 g/mol. The van der Waals surface area contributed by atoms with Gasteiger partial charge in [-0.3, -0.25) is 45.4 Å². The first kappa shape index (κ1) is 93.9. The van der Waals surface area contributed by atoms with Gasteiger partial charge in [-0.15, -0.1) is 68.0 Å². The quantitative estimate of drug-likeness (QED) is 0.0491. The number of aromatic nitrogens is 15. The second-order valence-corrected chi connectivity index (χ2v) is 43.0. The molecule has 8 aromatic carbocycles. The van der Waals surface area contributed by atoms with Crippen molar-refractivity contribution in [2.45, 2.75) is 39.0 Å². The number of carbonyl (C=O) groups excluding carboxylic acids is 1. The zero-order chi connectivity index (χ0) is 100. The largest absolute Gasteiger partial charge is 0.497 e. The molecule has 31 heteroatoms. The highest BCUT2D eigenvalue weighted by Crippen LogP contribution is 2.54. The summed E-state index contributed by atoms with van der Waals surface area (Å²) in [6, 6.07) is 84.3. The highest BCUT2D eigenvalue weighted by molar-refractivity contribution is 9.10. The van der Waals surface area contributed by atoms with Crippen LogP contribution >= 0.6 is 84.0 Å². The Morgan fingerprint density at radius 2 is 0.635 bits per heavy atom. The van der Waals surface area contributed by atoms with Crippen LogP contribution in [0.4, 0.5) is 13.2 Å². The summed E-state index contributed by atoms with van der Waals surface area (Å²) in [5, 5.41) is 48.1. The zero-order valence-corrected chi connectivity index (χ0v) is 86.2. The number of aryl methyl sites for hydroxylation is 1. The number of pyridine rings is 3. The standard InChI is InChI=1S/C22H18N2OS.C21H14F2N2OS.C21H15FN2OS.2C20H15N3OS.C13H6BrN3OS/c1-13-3-5-14(6-4-13)19-11-17-20(26-19)12-18-21(23-24-22(17)18)15-7-9-16(25-2)10-8-15;1-26-13-5-2-11(3-6-13)20-15-10-19-14(21(15)25-24-20)9-18(27-19)12-4-7-16(22)17(23)8-12;1-25-15-8-4-13(5-9-15)20-17-11-19-16(21(17)24-23-20)10-18(26-19)12-2-6-14(22)7-3-12;1-24-14-4-2-13(3-5-14)19-16-11-18-15(20(16)23-22-19)10-17(25-18)12-6-8-21-9-7-12;1-24-14-6-4-12(5-7-14)19-16-10-18-15(20(16)23-22-19)9-17(25-18)13-3-2-8-21-11-13;14-8-2-1-6(5-15-8)10-9-11(17-16-10)7-3-4-19-13(7)12(9)18/h3-11H,12H2,1-2H3,(H,23,24);2-9H,10H2,1H3,(H,24,25);2-10H,11H2,1H3,(H,23,24);2-10H,11H2,1H3,(H,22,23);2-9,11H,10H2,1H3,(H,22,23);1-5H,(H,16,17). The van der Waals surface area contributed by atoms with E-state index in [2.05, 4.69) is 202 Å². The number of methoxy groups -OCH3 is 5. The van der Waals surface area contributed by atoms with Gasteiger partial charge in [-0.1, -0.05) is 54.1 Å². The van der Waals surface area contributed by atoms with E-state index in [0.717, 1.165) is 187 Å². The van der Waals surface area contributed by atoms with Crippen molar-refractivity contribution in [2.75, 3.05) is 35.5 Å². The van der Waals surface area contributed by atoms with Gasteiger partial charge in [0.05, 0.1) is 109 Å². The van der Waals surface area contributed by atoms with Crippen molar-refractivity contribution in [1.29, 1.82) is 0 Å². The van der Waals surface area contributed by atoms with Crippen molar-refractivity contribution in [1.82, 2.24) is 76.1 Å². The highest BCUT2D eigenvalue weighted by Gasteiger charge is 2.37. The molecule has 0 unspecified atom stereocenters. The van der Waals surface area contributed by atoms with Crippen LogP contribution in [0, 0.1) is 24.4 Å². The van der Waals surface area contributed by atoms with E-state index in [0.29, 0.717) is 16.8 Å². The molecule has 6 aliphatic carbocycles. The number of aromatic amines is 6. The van der Waals surface area contributed by atoms with E-state index in [1.807, 2.05) is 185 Å². The number of H-pyrrole nitrogens is 6. The van der Waals surface area contributed by atoms with Crippen LogP contribution in [0.25, 0.3) is 187 Å². The monoisotopic (exact) mass is 2120 g/mol. The number of rotatable bonds is 16. The third-order valence-electron chi connectivity index (χ3n) is 26.9. The Labute approximate surface area is 878 Å². The number of fused-ring (bicyclic) bond motifs is 18. The first-order valence-electron chi connectivity index (χ1n) is 47.2. The van der Waals surface area contributed by atoms with Gasteiger partial charge in [0.2, 0.25) is 5.78 Å². The molecule has 148 heavy (non-hydrogen) atoms. The van der Waals surface area contributed by atoms with Crippen LogP contribution in [0.3, 0.4) is 0 Å². The number of nitrogens with zero attached hydrogens (tertiary/aromatic N) is 9. The molecule has 726 valence electrons. The molecule has 0 aliphatic heterocycles. The maximum atomic E-state index is 13.6. The van der Waals surface area contributed by atoms with Gasteiger partial charge in [-0.05, 0) is 263 Å². The summed E-state index contributed by atoms with van der Waals surface area (Å²) in [7, 11) is 8.35. The van der Waals surface area contributed by atoms with Crippen LogP contribution < -0.4 is 23.7 Å². The minimum Gasteiger partial charge on any atom is -0.497 e. The molecule has 0 amide bonds. The van der Waals surface area contributed by atoms with Crippen molar-refractivity contribution >= 4 is 89.7 Å². The number of ether oxygens (including phenoxy) is 5. The molecule has 21 nitrogen and oxygen atoms in total. The van der Waals surface area contributed by atoms with Gasteiger partial charge in [0.15, 0.2) is 11.6 Å². The second kappa shape index (κ2) is 39.9. The van der Waals surface area contributed by atoms with Crippen LogP contribution in [0.2, 0.25) is 0 Å². The first-order valence-corrected chi connectivity index (χ1v) is 52.9. The number of benzene rings is 8. The minimum atomic E-state index is -0.831. The molecule has 0 bridgehead atoms. The first-order chi connectivity index (χ1) is 72.5. The number of nitrogens with one attached hydrogen (secondary N) is 6. The maximum Gasteiger partial charge on any atom is 0.208 e. The molecule has 0 saturated heterocycles. The smallest absolute Gasteiger partial charge is 0.208 e. The minimum absolute atomic E-state index is 0.0478. The van der Waals surface area contributed by atoms with Gasteiger partial charge < -0.3 is 23.7 Å². The Morgan fingerprint density at radius 3 is 0.986 bits per heavy atom. The molecule has 29 rings (SSSR count). The summed E-state index contributed by atoms with van der Waals surface area (Å²) in [6.07, 6.45) is 13.5. The van der Waals surface area contributed by atoms with Crippen molar-refractivity contribution in [2.24, 2.45) is 0 Å². The molecule has 0 atom stereocenters. The van der Waals surface area contributed by atoms with Gasteiger partial charge in [0.25, 0.3) is 0 Å². The Bertz CT molecular complexity index is 8560. The number of hydrogen-bond donors (Lipinski definition) is 6. The second-order valence-electron chi connectivity index (χ2n) is 35.6. The summed E-state index contributed by atoms with van der Waals surface area (Å²) in [4.78, 5) is 38.3. The fraction of sp³-hybridized carbons (Fsp3) is 0.0940. The Morgan fingerprint density at radius 1 is 0.304 bits per heavy atom. The van der Waals surface area contributed by atoms with Crippen molar-refractivity contribution in [3.63, 3.8) is 0 Å². The SMILES string of the molecule is COc1ccc(-c2n[nH]c3c2Cc2sc(-c4ccc(C)cc4)cc2-3)cc1.COc1ccc(-c2n[nH]c3c2Cc2sc(-c4ccc(F)c(F)c4)cc2-3)cc1.COc1ccc(-c2n[nH]c3c2Cc2sc(-c4ccc(F)cc4)cc2-3)cc1.COc1ccc(-c2n[nH]c3c2Cc2sc(-c4cccnc4)cc2-3)cc1.COc1ccc(-c2n[nH]c3c2Cc2sc(-c4ccncc4)cc2-3)cc1.O=C1c2sccc2-c2[nH]nc(-c3ccc(Br)nc3)c21. The van der Waals surface area contributed by atoms with E-state index >= 15 is 0 Å². The predicted molar refractivity (Wildman–Crippen MR) is 587 cm³/mol. The van der Waals surface area contributed by atoms with Gasteiger partial charge in [-0.2, -0.15) is 30.6 Å². The summed E-state index contributed by atoms with van der Waals surface area (Å²) >= 11 is 13.7. The molecule has 0 saturated carbocycles. The number of thiophene rings is 6. The normalized spacial score (nSPS) is 12.1. The molecular formula is C117H83BrF3N15O6S6. The summed E-state index contributed by atoms with van der Waals surface area (Å²) in [5.41, 5.74) is 39.1. The fourth-order valence-electron chi connectivity index (χ4n) is 19.4. The van der Waals surface area contributed by atoms with Crippen molar-refractivity contribution in [3.05, 3.63) is 387 Å². The van der Waals surface area contributed by atoms with Gasteiger partial charge in [0, 0.05) is 212 Å². The Balaban J connectivity index is 0.0000000951. The van der Waals surface area contributed by atoms with Crippen LogP contribution in [-0.2, 0) is 32.1 Å². The molecule has 0 radical (unpaired) electrons. The lowest BCUT2D eigenvalue weighted by atomic mass is 10.1. The zero-order valence-electron chi connectivity index (χ0n) is 79.8. The molecule has 15 heterocycles. The van der Waals surface area contributed by atoms with E-state index in [1.54, 1.807) is 76.7 Å². The summed E-state index contributed by atoms with van der Waals surface area (Å²) in [5.74, 6) is 2.40. The number of ketones is 1. The molecule has 0 fully saturated rings. The topological polar surface area (TPSA) is 274 Å². The number of hydrogen-bond acceptors (Lipinski definition) is 21. The van der Waals surface area contributed by atoms with Crippen LogP contribution in [0.15, 0.2) is 302 Å². The van der Waals surface area contributed by atoms with Crippen LogP contribution in [-0.4, -0.2) is 117 Å². The lowest BCUT2D eigenvalue weighted by Gasteiger charge is -2.03. The number of halogens is 4. The summed E-state index contributed by atoms with van der Waals surface area (Å²) in [6.45, 7) is 2.12. The van der Waals surface area contributed by atoms with E-state index in [-0.39, 0.29) is 11.6 Å². The Kier molecular flexibility index (Phi) is 25.3. The molecular weight excluding hydrogens is 2040 g/mol.